The van der Waals surface area contributed by atoms with E-state index in [1.165, 1.54) is 11.8 Å². The normalized spacial score (nSPS) is 10.8. The number of hydrogen-bond donors (Lipinski definition) is 1. The van der Waals surface area contributed by atoms with Crippen molar-refractivity contribution >= 4 is 45.9 Å². The number of thioether (sulfide) groups is 1. The molecule has 0 bridgehead atoms. The van der Waals surface area contributed by atoms with E-state index < -0.39 is 0 Å². The molecule has 0 saturated heterocycles. The Morgan fingerprint density at radius 1 is 0.966 bits per heavy atom. The number of hydrogen-bond acceptors (Lipinski definition) is 3. The van der Waals surface area contributed by atoms with Crippen molar-refractivity contribution in [1.82, 2.24) is 4.98 Å². The second kappa shape index (κ2) is 8.68. The van der Waals surface area contributed by atoms with E-state index in [-0.39, 0.29) is 5.91 Å². The van der Waals surface area contributed by atoms with Gasteiger partial charge < -0.3 is 5.32 Å². The second-order valence-corrected chi connectivity index (χ2v) is 8.06. The van der Waals surface area contributed by atoms with E-state index in [1.54, 1.807) is 0 Å². The zero-order chi connectivity index (χ0) is 20.2. The van der Waals surface area contributed by atoms with Crippen molar-refractivity contribution in [2.24, 2.45) is 0 Å². The number of nitrogens with one attached hydrogen (secondary N) is 1. The third-order valence-electron chi connectivity index (χ3n) is 4.62. The third-order valence-corrected chi connectivity index (χ3v) is 6.07. The van der Waals surface area contributed by atoms with Crippen LogP contribution in [0, 0.1) is 6.92 Å². The summed E-state index contributed by atoms with van der Waals surface area (Å²) in [5, 5.41) is 4.71. The zero-order valence-electron chi connectivity index (χ0n) is 15.9. The Morgan fingerprint density at radius 3 is 2.41 bits per heavy atom. The fraction of sp³-hybridized carbons (Fsp3) is 0.0833. The number of halogens is 1. The summed E-state index contributed by atoms with van der Waals surface area (Å²) in [6.45, 7) is 2.08. The van der Waals surface area contributed by atoms with Gasteiger partial charge in [-0.25, -0.2) is 4.98 Å². The summed E-state index contributed by atoms with van der Waals surface area (Å²) < 4.78 is 0. The summed E-state index contributed by atoms with van der Waals surface area (Å²) in [5.41, 5.74) is 4.71. The lowest BCUT2D eigenvalue weighted by atomic mass is 10.0. The number of rotatable bonds is 5. The van der Waals surface area contributed by atoms with Gasteiger partial charge in [-0.15, -0.1) is 11.8 Å². The smallest absolute Gasteiger partial charge is 0.234 e. The molecular weight excluding hydrogens is 400 g/mol. The first-order valence-electron chi connectivity index (χ1n) is 9.25. The maximum absolute atomic E-state index is 12.5. The Morgan fingerprint density at radius 2 is 1.66 bits per heavy atom. The minimum Gasteiger partial charge on any atom is -0.325 e. The van der Waals surface area contributed by atoms with Crippen LogP contribution in [0.4, 0.5) is 5.69 Å². The molecule has 1 aromatic heterocycles. The Labute approximate surface area is 179 Å². The molecule has 1 amide bonds. The lowest BCUT2D eigenvalue weighted by Gasteiger charge is -2.15. The number of aryl methyl sites for hydroxylation is 1. The predicted octanol–water partition coefficient (Wildman–Crippen LogP) is 6.59. The SMILES string of the molecule is Cc1c(SCC(=O)Nc2ccccc2)c(-c2ccc(Cl)cc2)nc2ccccc12. The van der Waals surface area contributed by atoms with E-state index in [2.05, 4.69) is 18.3 Å². The minimum absolute atomic E-state index is 0.0455. The number of carbonyl (C=O) groups excluding carboxylic acids is 1. The summed E-state index contributed by atoms with van der Waals surface area (Å²) in [5.74, 6) is 0.256. The molecule has 0 aliphatic heterocycles. The van der Waals surface area contributed by atoms with Gasteiger partial charge in [0.15, 0.2) is 0 Å². The number of carbonyl (C=O) groups is 1. The molecule has 0 unspecified atom stereocenters. The fourth-order valence-corrected chi connectivity index (χ4v) is 4.30. The molecule has 3 nitrogen and oxygen atoms in total. The molecule has 4 rings (SSSR count). The summed E-state index contributed by atoms with van der Waals surface area (Å²) in [4.78, 5) is 18.4. The van der Waals surface area contributed by atoms with Gasteiger partial charge in [-0.1, -0.05) is 60.1 Å². The molecular formula is C24H19ClN2OS. The fourth-order valence-electron chi connectivity index (χ4n) is 3.20. The highest BCUT2D eigenvalue weighted by molar-refractivity contribution is 8.00. The van der Waals surface area contributed by atoms with Gasteiger partial charge in [-0.2, -0.15) is 0 Å². The van der Waals surface area contributed by atoms with Crippen LogP contribution < -0.4 is 5.32 Å². The number of pyridine rings is 1. The van der Waals surface area contributed by atoms with Crippen molar-refractivity contribution < 1.29 is 4.79 Å². The number of fused-ring (bicyclic) bond motifs is 1. The summed E-state index contributed by atoms with van der Waals surface area (Å²) in [7, 11) is 0. The van der Waals surface area contributed by atoms with Gasteiger partial charge in [0.2, 0.25) is 5.91 Å². The number of amides is 1. The molecule has 1 N–H and O–H groups in total. The van der Waals surface area contributed by atoms with Crippen molar-refractivity contribution in [3.8, 4) is 11.3 Å². The van der Waals surface area contributed by atoms with Gasteiger partial charge in [0.1, 0.15) is 0 Å². The van der Waals surface area contributed by atoms with E-state index in [0.29, 0.717) is 10.8 Å². The topological polar surface area (TPSA) is 42.0 Å². The van der Waals surface area contributed by atoms with E-state index in [0.717, 1.165) is 38.3 Å². The van der Waals surface area contributed by atoms with Crippen LogP contribution in [-0.4, -0.2) is 16.6 Å². The molecule has 0 saturated carbocycles. The number of aromatic nitrogens is 1. The van der Waals surface area contributed by atoms with E-state index >= 15 is 0 Å². The van der Waals surface area contributed by atoms with E-state index in [4.69, 9.17) is 16.6 Å². The highest BCUT2D eigenvalue weighted by Gasteiger charge is 2.16. The highest BCUT2D eigenvalue weighted by Crippen LogP contribution is 2.37. The minimum atomic E-state index is -0.0455. The van der Waals surface area contributed by atoms with Crippen molar-refractivity contribution in [2.75, 3.05) is 11.1 Å². The molecule has 0 spiro atoms. The van der Waals surface area contributed by atoms with E-state index in [9.17, 15) is 4.79 Å². The number of para-hydroxylation sites is 2. The zero-order valence-corrected chi connectivity index (χ0v) is 17.4. The molecule has 0 aliphatic rings. The van der Waals surface area contributed by atoms with Crippen LogP contribution in [0.25, 0.3) is 22.2 Å². The number of anilines is 1. The average Bonchev–Trinajstić information content (AvgIpc) is 2.74. The van der Waals surface area contributed by atoms with Gasteiger partial charge in [0.25, 0.3) is 0 Å². The summed E-state index contributed by atoms with van der Waals surface area (Å²) >= 11 is 7.57. The van der Waals surface area contributed by atoms with Crippen LogP contribution >= 0.6 is 23.4 Å². The molecule has 5 heteroatoms. The average molecular weight is 419 g/mol. The van der Waals surface area contributed by atoms with Crippen LogP contribution in [-0.2, 0) is 4.79 Å². The molecule has 3 aromatic carbocycles. The van der Waals surface area contributed by atoms with Crippen molar-refractivity contribution in [2.45, 2.75) is 11.8 Å². The van der Waals surface area contributed by atoms with E-state index in [1.807, 2.05) is 72.8 Å². The summed E-state index contributed by atoms with van der Waals surface area (Å²) in [6, 6.07) is 25.2. The van der Waals surface area contributed by atoms with Crippen molar-refractivity contribution in [1.29, 1.82) is 0 Å². The standard InChI is InChI=1S/C24H19ClN2OS/c1-16-20-9-5-6-10-21(20)27-23(17-11-13-18(25)14-12-17)24(16)29-15-22(28)26-19-7-3-2-4-8-19/h2-14H,15H2,1H3,(H,26,28). The van der Waals surface area contributed by atoms with Crippen LogP contribution in [0.15, 0.2) is 83.8 Å². The molecule has 0 radical (unpaired) electrons. The quantitative estimate of drug-likeness (QED) is 0.371. The van der Waals surface area contributed by atoms with Crippen LogP contribution in [0.1, 0.15) is 5.56 Å². The summed E-state index contributed by atoms with van der Waals surface area (Å²) in [6.07, 6.45) is 0. The van der Waals surface area contributed by atoms with Crippen molar-refractivity contribution in [3.05, 3.63) is 89.4 Å². The largest absolute Gasteiger partial charge is 0.325 e. The molecule has 4 aromatic rings. The van der Waals surface area contributed by atoms with Crippen LogP contribution in [0.3, 0.4) is 0 Å². The number of nitrogens with zero attached hydrogens (tertiary/aromatic N) is 1. The second-order valence-electron chi connectivity index (χ2n) is 6.64. The molecule has 29 heavy (non-hydrogen) atoms. The van der Waals surface area contributed by atoms with Crippen molar-refractivity contribution in [3.63, 3.8) is 0 Å². The number of benzene rings is 3. The third kappa shape index (κ3) is 4.44. The molecule has 0 fully saturated rings. The van der Waals surface area contributed by atoms with Gasteiger partial charge in [0, 0.05) is 26.6 Å². The predicted molar refractivity (Wildman–Crippen MR) is 123 cm³/mol. The lowest BCUT2D eigenvalue weighted by Crippen LogP contribution is -2.14. The Hall–Kier alpha value is -2.82. The molecule has 0 aliphatic carbocycles. The Bertz CT molecular complexity index is 1160. The van der Waals surface area contributed by atoms with Crippen LogP contribution in [0.5, 0.6) is 0 Å². The molecule has 144 valence electrons. The molecule has 0 atom stereocenters. The van der Waals surface area contributed by atoms with Crippen LogP contribution in [0.2, 0.25) is 5.02 Å². The monoisotopic (exact) mass is 418 g/mol. The van der Waals surface area contributed by atoms with Gasteiger partial charge in [0.05, 0.1) is 17.0 Å². The maximum Gasteiger partial charge on any atom is 0.234 e. The first kappa shape index (κ1) is 19.5. The maximum atomic E-state index is 12.5. The van der Waals surface area contributed by atoms with Gasteiger partial charge >= 0.3 is 0 Å². The highest BCUT2D eigenvalue weighted by atomic mass is 35.5. The lowest BCUT2D eigenvalue weighted by molar-refractivity contribution is -0.113. The Balaban J connectivity index is 1.68. The first-order chi connectivity index (χ1) is 14.1. The van der Waals surface area contributed by atoms with Gasteiger partial charge in [-0.3, -0.25) is 4.79 Å². The first-order valence-corrected chi connectivity index (χ1v) is 10.6. The Kier molecular flexibility index (Phi) is 5.84. The van der Waals surface area contributed by atoms with Gasteiger partial charge in [-0.05, 0) is 42.8 Å². The molecule has 1 heterocycles.